The second-order valence-electron chi connectivity index (χ2n) is 18.8. The maximum absolute atomic E-state index is 2.54. The zero-order chi connectivity index (χ0) is 45.4. The first kappa shape index (κ1) is 39.5. The van der Waals surface area contributed by atoms with E-state index in [0.717, 1.165) is 0 Å². The number of fused-ring (bicyclic) bond motifs is 17. The Hall–Kier alpha value is -7.49. The molecule has 0 amide bonds. The van der Waals surface area contributed by atoms with Gasteiger partial charge in [-0.25, -0.2) is 0 Å². The fourth-order valence-corrected chi connectivity index (χ4v) is 16.4. The Kier molecular flexibility index (Phi) is 8.59. The summed E-state index contributed by atoms with van der Waals surface area (Å²) in [6.45, 7) is 0. The summed E-state index contributed by atoms with van der Waals surface area (Å²) in [6.07, 6.45) is 0. The molecule has 0 fully saturated rings. The molecule has 69 heavy (non-hydrogen) atoms. The zero-order valence-electron chi connectivity index (χ0n) is 37.5. The third kappa shape index (κ3) is 5.42. The van der Waals surface area contributed by atoms with Crippen LogP contribution in [0.4, 0.5) is 0 Å². The second kappa shape index (κ2) is 15.0. The second-order valence-corrected chi connectivity index (χ2v) is 22.7. The Morgan fingerprint density at radius 1 is 0.261 bits per heavy atom. The van der Waals surface area contributed by atoms with Crippen LogP contribution in [0.25, 0.3) is 110 Å². The molecule has 12 aromatic rings. The van der Waals surface area contributed by atoms with Gasteiger partial charge in [-0.3, -0.25) is 0 Å². The predicted molar refractivity (Wildman–Crippen MR) is 293 cm³/mol. The molecule has 15 rings (SSSR count). The maximum atomic E-state index is 2.54. The molecule has 0 atom stereocenters. The van der Waals surface area contributed by atoms with Crippen molar-refractivity contribution in [3.05, 3.63) is 259 Å². The molecule has 0 saturated carbocycles. The van der Waals surface area contributed by atoms with Crippen LogP contribution in [0.5, 0.6) is 0 Å². The van der Waals surface area contributed by atoms with Gasteiger partial charge in [-0.05, 0) is 11.1 Å². The van der Waals surface area contributed by atoms with Gasteiger partial charge >= 0.3 is 336 Å². The van der Waals surface area contributed by atoms with Gasteiger partial charge in [0.1, 0.15) is 0 Å². The Labute approximate surface area is 416 Å². The van der Waals surface area contributed by atoms with E-state index in [9.17, 15) is 0 Å². The van der Waals surface area contributed by atoms with Crippen molar-refractivity contribution in [1.82, 2.24) is 0 Å². The molecule has 12 aromatic carbocycles. The zero-order valence-corrected chi connectivity index (χ0v) is 41.7. The van der Waals surface area contributed by atoms with Crippen LogP contribution >= 0.6 is 0 Å². The van der Waals surface area contributed by atoms with Crippen LogP contribution in [0.15, 0.2) is 237 Å². The molecular weight excluding hydrogens is 950 g/mol. The number of hydrogen-bond acceptors (Lipinski definition) is 0. The SMILES string of the molecule is [Ge][c]1ccccc1-c1ccccc1-c1cccc2c(-c3cccc4c3-c3c(ccc5ccccc35)C43c4ccccc4-c4ccccc43)c3cccc(-c4ccc[c]5c4-c4cccc[c]4[Ge]5)c3cc12. The minimum absolute atomic E-state index is 0.444. The number of hydrogen-bond donors (Lipinski definition) is 0. The van der Waals surface area contributed by atoms with E-state index in [4.69, 9.17) is 0 Å². The molecule has 0 N–H and O–H groups in total. The summed E-state index contributed by atoms with van der Waals surface area (Å²) in [5.74, 6) is 0. The van der Waals surface area contributed by atoms with Crippen molar-refractivity contribution in [2.45, 2.75) is 5.41 Å². The summed E-state index contributed by atoms with van der Waals surface area (Å²) >= 11 is 1.79. The Bertz CT molecular complexity index is 4150. The van der Waals surface area contributed by atoms with E-state index in [1.165, 1.54) is 146 Å². The molecule has 1 heterocycles. The van der Waals surface area contributed by atoms with Crippen LogP contribution in [-0.4, -0.2) is 31.9 Å². The van der Waals surface area contributed by atoms with E-state index in [2.05, 4.69) is 253 Å². The summed E-state index contributed by atoms with van der Waals surface area (Å²) in [6, 6.07) is 90.3. The predicted octanol–water partition coefficient (Wildman–Crippen LogP) is 14.6. The normalized spacial score (nSPS) is 13.3. The van der Waals surface area contributed by atoms with Gasteiger partial charge in [-0.15, -0.1) is 0 Å². The van der Waals surface area contributed by atoms with Crippen LogP contribution in [0.1, 0.15) is 22.3 Å². The Morgan fingerprint density at radius 3 is 1.48 bits per heavy atom. The number of benzene rings is 12. The van der Waals surface area contributed by atoms with Gasteiger partial charge in [-0.1, -0.05) is 72.8 Å². The van der Waals surface area contributed by atoms with E-state index >= 15 is 0 Å². The van der Waals surface area contributed by atoms with E-state index in [1.54, 1.807) is 0 Å². The van der Waals surface area contributed by atoms with Gasteiger partial charge in [0, 0.05) is 0 Å². The molecule has 1 spiro atoms. The van der Waals surface area contributed by atoms with Crippen LogP contribution in [-0.2, 0) is 5.41 Å². The van der Waals surface area contributed by atoms with Crippen molar-refractivity contribution < 1.29 is 0 Å². The summed E-state index contributed by atoms with van der Waals surface area (Å²) in [5, 5.41) is 7.62. The first-order valence-corrected chi connectivity index (χ1v) is 27.1. The van der Waals surface area contributed by atoms with Crippen LogP contribution < -0.4 is 13.2 Å². The molecule has 5 radical (unpaired) electrons. The van der Waals surface area contributed by atoms with Crippen molar-refractivity contribution >= 4 is 77.5 Å². The van der Waals surface area contributed by atoms with Crippen molar-refractivity contribution in [2.24, 2.45) is 0 Å². The molecule has 315 valence electrons. The molecule has 1 aliphatic heterocycles. The first-order chi connectivity index (χ1) is 34.2. The standard InChI is InChI=1S/C67H39Ge2/c68-60-34-11-7-23-48(60)43-20-4-3-19-42(43)44-25-13-27-50-54(44)39-55-45(49-29-16-36-62-64(49)52-24-8-12-35-61(52)69-62)26-14-28-51(55)63(50)53-30-15-33-58-66(53)65-41-18-2-1-17-40(41)37-38-59(65)67(58)56-31-9-5-21-46(56)47-22-6-10-32-57(47)67/h1-39H. The molecule has 0 nitrogen and oxygen atoms in total. The van der Waals surface area contributed by atoms with Crippen LogP contribution in [0.2, 0.25) is 0 Å². The van der Waals surface area contributed by atoms with Gasteiger partial charge in [0.15, 0.2) is 0 Å². The fourth-order valence-electron chi connectivity index (χ4n) is 12.9. The quantitative estimate of drug-likeness (QED) is 0.122. The van der Waals surface area contributed by atoms with E-state index < -0.39 is 20.8 Å². The molecule has 0 saturated heterocycles. The molecule has 0 unspecified atom stereocenters. The van der Waals surface area contributed by atoms with Crippen molar-refractivity contribution in [3.8, 4) is 77.9 Å². The monoisotopic (exact) mass is 991 g/mol. The van der Waals surface area contributed by atoms with Crippen LogP contribution in [0, 0.1) is 0 Å². The topological polar surface area (TPSA) is 0 Å². The average Bonchev–Trinajstić information content (AvgIpc) is 4.05. The van der Waals surface area contributed by atoms with E-state index in [-0.39, 0.29) is 0 Å². The summed E-state index contributed by atoms with van der Waals surface area (Å²) in [5.41, 5.74) is 23.3. The third-order valence-electron chi connectivity index (χ3n) is 15.6. The van der Waals surface area contributed by atoms with Gasteiger partial charge < -0.3 is 0 Å². The van der Waals surface area contributed by atoms with Crippen LogP contribution in [0.3, 0.4) is 0 Å². The summed E-state index contributed by atoms with van der Waals surface area (Å²) < 4.78 is 4.32. The minimum atomic E-state index is -0.484. The molecular formula is C67H39Ge2. The summed E-state index contributed by atoms with van der Waals surface area (Å²) in [7, 11) is 0. The fraction of sp³-hybridized carbons (Fsp3) is 0.0149. The molecule has 0 aromatic heterocycles. The van der Waals surface area contributed by atoms with E-state index in [1.807, 2.05) is 0 Å². The van der Waals surface area contributed by atoms with Gasteiger partial charge in [0.05, 0.1) is 0 Å². The van der Waals surface area contributed by atoms with E-state index in [0.29, 0.717) is 0 Å². The first-order valence-electron chi connectivity index (χ1n) is 23.9. The average molecular weight is 989 g/mol. The van der Waals surface area contributed by atoms with Gasteiger partial charge in [0.25, 0.3) is 0 Å². The third-order valence-corrected chi connectivity index (χ3v) is 19.4. The molecule has 3 aliphatic rings. The van der Waals surface area contributed by atoms with Gasteiger partial charge in [-0.2, -0.15) is 0 Å². The van der Waals surface area contributed by atoms with Crippen molar-refractivity contribution in [1.29, 1.82) is 0 Å². The molecule has 0 bridgehead atoms. The molecule has 2 heteroatoms. The van der Waals surface area contributed by atoms with Crippen molar-refractivity contribution in [3.63, 3.8) is 0 Å². The van der Waals surface area contributed by atoms with Gasteiger partial charge in [0.2, 0.25) is 0 Å². The van der Waals surface area contributed by atoms with Crippen molar-refractivity contribution in [2.75, 3.05) is 0 Å². The Balaban J connectivity index is 1.11. The molecule has 2 aliphatic carbocycles. The number of rotatable bonds is 4. The Morgan fingerprint density at radius 2 is 0.739 bits per heavy atom. The summed E-state index contributed by atoms with van der Waals surface area (Å²) in [4.78, 5) is 0.